The first-order valence-electron chi connectivity index (χ1n) is 7.60. The van der Waals surface area contributed by atoms with Gasteiger partial charge in [0.15, 0.2) is 0 Å². The van der Waals surface area contributed by atoms with Crippen molar-refractivity contribution in [2.24, 2.45) is 0 Å². The molecule has 2 nitrogen and oxygen atoms in total. The third-order valence-corrected chi connectivity index (χ3v) is 7.21. The second-order valence-corrected chi connectivity index (χ2v) is 8.38. The molecule has 1 rings (SSSR count). The lowest BCUT2D eigenvalue weighted by Crippen LogP contribution is -2.51. The van der Waals surface area contributed by atoms with E-state index in [0.717, 1.165) is 18.5 Å². The van der Waals surface area contributed by atoms with Gasteiger partial charge in [-0.1, -0.05) is 41.2 Å². The average Bonchev–Trinajstić information content (AvgIpc) is 2.55. The standard InChI is InChI=1S/C14H29BrO2Si/c1-3-16-13-9-6-5-7-10-14(13,17-4-2)18-12-8-11-15/h13H,3-12,18H2,1-2H3. The maximum atomic E-state index is 6.28. The lowest BCUT2D eigenvalue weighted by atomic mass is 10.1. The van der Waals surface area contributed by atoms with Crippen molar-refractivity contribution >= 4 is 25.4 Å². The predicted molar refractivity (Wildman–Crippen MR) is 84.6 cm³/mol. The van der Waals surface area contributed by atoms with E-state index >= 15 is 0 Å². The molecule has 0 amide bonds. The van der Waals surface area contributed by atoms with Gasteiger partial charge in [-0.25, -0.2) is 0 Å². The third-order valence-electron chi connectivity index (χ3n) is 3.94. The van der Waals surface area contributed by atoms with Crippen LogP contribution in [0.15, 0.2) is 0 Å². The van der Waals surface area contributed by atoms with E-state index < -0.39 is 0 Å². The van der Waals surface area contributed by atoms with E-state index in [0.29, 0.717) is 6.10 Å². The number of hydrogen-bond donors (Lipinski definition) is 0. The van der Waals surface area contributed by atoms with Crippen LogP contribution in [-0.4, -0.2) is 39.4 Å². The van der Waals surface area contributed by atoms with Crippen molar-refractivity contribution in [3.8, 4) is 0 Å². The van der Waals surface area contributed by atoms with Gasteiger partial charge in [-0.3, -0.25) is 0 Å². The van der Waals surface area contributed by atoms with Gasteiger partial charge in [0.05, 0.1) is 20.8 Å². The summed E-state index contributed by atoms with van der Waals surface area (Å²) in [5.41, 5.74) is 0. The van der Waals surface area contributed by atoms with Crippen molar-refractivity contribution in [2.75, 3.05) is 18.5 Å². The fraction of sp³-hybridized carbons (Fsp3) is 1.00. The van der Waals surface area contributed by atoms with E-state index in [4.69, 9.17) is 9.47 Å². The molecule has 2 atom stereocenters. The molecule has 108 valence electrons. The highest BCUT2D eigenvalue weighted by atomic mass is 79.9. The molecule has 0 spiro atoms. The van der Waals surface area contributed by atoms with E-state index in [2.05, 4.69) is 29.8 Å². The molecule has 0 aliphatic heterocycles. The largest absolute Gasteiger partial charge is 0.377 e. The maximum absolute atomic E-state index is 6.28. The SMILES string of the molecule is CCOC1CCCCCC1(OCC)[SiH2]CCCBr. The van der Waals surface area contributed by atoms with E-state index in [1.807, 2.05) is 0 Å². The second kappa shape index (κ2) is 9.51. The Morgan fingerprint density at radius 3 is 2.72 bits per heavy atom. The minimum atomic E-state index is -0.230. The molecule has 2 unspecified atom stereocenters. The Kier molecular flexibility index (Phi) is 8.81. The summed E-state index contributed by atoms with van der Waals surface area (Å²) in [6, 6.07) is 1.37. The first-order chi connectivity index (χ1) is 8.79. The van der Waals surface area contributed by atoms with Crippen molar-refractivity contribution in [2.45, 2.75) is 69.7 Å². The predicted octanol–water partition coefficient (Wildman–Crippen LogP) is 3.46. The Balaban J connectivity index is 2.71. The molecular formula is C14H29BrO2Si. The van der Waals surface area contributed by atoms with Gasteiger partial charge in [0.1, 0.15) is 0 Å². The van der Waals surface area contributed by atoms with E-state index in [1.54, 1.807) is 0 Å². The van der Waals surface area contributed by atoms with Crippen LogP contribution in [0.4, 0.5) is 0 Å². The van der Waals surface area contributed by atoms with E-state index in [-0.39, 0.29) is 14.7 Å². The van der Waals surface area contributed by atoms with Crippen molar-refractivity contribution in [1.29, 1.82) is 0 Å². The molecule has 0 aromatic rings. The van der Waals surface area contributed by atoms with Crippen LogP contribution in [0.2, 0.25) is 6.04 Å². The normalized spacial score (nSPS) is 29.8. The molecule has 0 N–H and O–H groups in total. The van der Waals surface area contributed by atoms with Crippen LogP contribution < -0.4 is 0 Å². The Labute approximate surface area is 123 Å². The van der Waals surface area contributed by atoms with Gasteiger partial charge in [-0.15, -0.1) is 0 Å². The Morgan fingerprint density at radius 2 is 2.06 bits per heavy atom. The summed E-state index contributed by atoms with van der Waals surface area (Å²) in [6.45, 7) is 5.91. The van der Waals surface area contributed by atoms with E-state index in [1.165, 1.54) is 44.6 Å². The highest BCUT2D eigenvalue weighted by Crippen LogP contribution is 2.33. The van der Waals surface area contributed by atoms with Crippen molar-refractivity contribution < 1.29 is 9.47 Å². The smallest absolute Gasteiger partial charge is 0.0827 e. The quantitative estimate of drug-likeness (QED) is 0.292. The van der Waals surface area contributed by atoms with Crippen LogP contribution >= 0.6 is 15.9 Å². The lowest BCUT2D eigenvalue weighted by Gasteiger charge is -2.39. The summed E-state index contributed by atoms with van der Waals surface area (Å²) < 4.78 is 12.3. The molecule has 0 aromatic heterocycles. The molecule has 1 saturated carbocycles. The number of rotatable bonds is 8. The Morgan fingerprint density at radius 1 is 1.22 bits per heavy atom. The number of halogens is 1. The van der Waals surface area contributed by atoms with Gasteiger partial charge in [-0.05, 0) is 33.1 Å². The molecular weight excluding hydrogens is 308 g/mol. The van der Waals surface area contributed by atoms with Crippen LogP contribution in [-0.2, 0) is 9.47 Å². The molecule has 0 bridgehead atoms. The van der Waals surface area contributed by atoms with Gasteiger partial charge in [-0.2, -0.15) is 0 Å². The Bertz CT molecular complexity index is 216. The van der Waals surface area contributed by atoms with Gasteiger partial charge in [0.2, 0.25) is 0 Å². The van der Waals surface area contributed by atoms with Gasteiger partial charge in [0, 0.05) is 18.5 Å². The first-order valence-corrected chi connectivity index (χ1v) is 10.4. The lowest BCUT2D eigenvalue weighted by molar-refractivity contribution is -0.0985. The van der Waals surface area contributed by atoms with Gasteiger partial charge >= 0.3 is 0 Å². The van der Waals surface area contributed by atoms with Crippen LogP contribution in [0.1, 0.15) is 52.4 Å². The van der Waals surface area contributed by atoms with E-state index in [9.17, 15) is 0 Å². The molecule has 1 aliphatic rings. The maximum Gasteiger partial charge on any atom is 0.0827 e. The van der Waals surface area contributed by atoms with Crippen molar-refractivity contribution in [3.05, 3.63) is 0 Å². The fourth-order valence-corrected chi connectivity index (χ4v) is 6.84. The summed E-state index contributed by atoms with van der Waals surface area (Å²) >= 11 is 3.54. The second-order valence-electron chi connectivity index (χ2n) is 5.19. The number of ether oxygens (including phenoxy) is 2. The number of alkyl halides is 1. The minimum Gasteiger partial charge on any atom is -0.377 e. The average molecular weight is 337 g/mol. The summed E-state index contributed by atoms with van der Waals surface area (Å²) in [7, 11) is -0.230. The molecule has 4 heteroatoms. The number of hydrogen-bond acceptors (Lipinski definition) is 2. The van der Waals surface area contributed by atoms with Crippen LogP contribution in [0.3, 0.4) is 0 Å². The minimum absolute atomic E-state index is 0.128. The summed E-state index contributed by atoms with van der Waals surface area (Å²) in [4.78, 5) is 0. The Hall–Kier alpha value is 0.617. The molecule has 0 saturated heterocycles. The molecule has 1 fully saturated rings. The zero-order valence-electron chi connectivity index (χ0n) is 12.0. The van der Waals surface area contributed by atoms with Crippen LogP contribution in [0.25, 0.3) is 0 Å². The van der Waals surface area contributed by atoms with Gasteiger partial charge < -0.3 is 9.47 Å². The highest BCUT2D eigenvalue weighted by Gasteiger charge is 2.40. The summed E-state index contributed by atoms with van der Waals surface area (Å²) in [5, 5.41) is 1.25. The monoisotopic (exact) mass is 336 g/mol. The summed E-state index contributed by atoms with van der Waals surface area (Å²) in [6.07, 6.45) is 8.09. The zero-order chi connectivity index (χ0) is 13.3. The highest BCUT2D eigenvalue weighted by molar-refractivity contribution is 9.09. The van der Waals surface area contributed by atoms with Crippen LogP contribution in [0.5, 0.6) is 0 Å². The molecule has 0 radical (unpaired) electrons. The fourth-order valence-electron chi connectivity index (χ4n) is 3.12. The first kappa shape index (κ1) is 16.7. The van der Waals surface area contributed by atoms with Crippen molar-refractivity contribution in [1.82, 2.24) is 0 Å². The molecule has 1 aliphatic carbocycles. The molecule has 0 aromatic carbocycles. The van der Waals surface area contributed by atoms with Crippen molar-refractivity contribution in [3.63, 3.8) is 0 Å². The van der Waals surface area contributed by atoms with Gasteiger partial charge in [0.25, 0.3) is 0 Å². The zero-order valence-corrected chi connectivity index (χ0v) is 15.1. The molecule has 0 heterocycles. The molecule has 18 heavy (non-hydrogen) atoms. The third kappa shape index (κ3) is 4.95. The topological polar surface area (TPSA) is 18.5 Å². The summed E-state index contributed by atoms with van der Waals surface area (Å²) in [5.74, 6) is 0. The van der Waals surface area contributed by atoms with Crippen LogP contribution in [0, 0.1) is 0 Å².